The van der Waals surface area contributed by atoms with Crippen LogP contribution in [0.15, 0.2) is 0 Å². The second kappa shape index (κ2) is 9.68. The van der Waals surface area contributed by atoms with Gasteiger partial charge in [0.2, 0.25) is 17.2 Å². The van der Waals surface area contributed by atoms with Gasteiger partial charge in [-0.1, -0.05) is 0 Å². The Morgan fingerprint density at radius 1 is 1.20 bits per heavy atom. The molecule has 0 aromatic carbocycles. The third kappa shape index (κ3) is 5.85. The molecule has 8 heteroatoms. The molecule has 0 radical (unpaired) electrons. The van der Waals surface area contributed by atoms with E-state index < -0.39 is 0 Å². The van der Waals surface area contributed by atoms with Crippen molar-refractivity contribution in [1.82, 2.24) is 15.0 Å². The molecule has 114 valence electrons. The summed E-state index contributed by atoms with van der Waals surface area (Å²) in [6.07, 6.45) is 0.796. The second-order valence-electron chi connectivity index (χ2n) is 4.02. The zero-order chi connectivity index (χ0) is 14.8. The maximum Gasteiger partial charge on any atom is 0.231 e. The molecular formula is C12H22ClN5O2. The summed E-state index contributed by atoms with van der Waals surface area (Å²) in [7, 11) is 0. The minimum Gasteiger partial charge on any atom is -0.394 e. The van der Waals surface area contributed by atoms with Gasteiger partial charge in [0.15, 0.2) is 0 Å². The first-order chi connectivity index (χ1) is 9.71. The highest BCUT2D eigenvalue weighted by Gasteiger charge is 2.09. The lowest BCUT2D eigenvalue weighted by Crippen LogP contribution is -2.25. The van der Waals surface area contributed by atoms with Crippen molar-refractivity contribution in [3.05, 3.63) is 5.28 Å². The van der Waals surface area contributed by atoms with Crippen LogP contribution in [0.1, 0.15) is 20.3 Å². The first-order valence-corrected chi connectivity index (χ1v) is 7.18. The molecule has 0 aliphatic rings. The molecule has 2 N–H and O–H groups in total. The molecule has 0 atom stereocenters. The summed E-state index contributed by atoms with van der Waals surface area (Å²) in [5.41, 5.74) is 0. The molecule has 1 heterocycles. The second-order valence-corrected chi connectivity index (χ2v) is 4.35. The SMILES string of the molecule is CCN(CC)c1nc(Cl)nc(NCCCOCCO)n1. The smallest absolute Gasteiger partial charge is 0.231 e. The maximum absolute atomic E-state index is 8.57. The standard InChI is InChI=1S/C12H22ClN5O2/c1-3-18(4-2)12-16-10(13)15-11(17-12)14-6-5-8-20-9-7-19/h19H,3-9H2,1-2H3,(H,14,15,16,17). The molecule has 1 rings (SSSR count). The number of hydrogen-bond acceptors (Lipinski definition) is 7. The van der Waals surface area contributed by atoms with Crippen molar-refractivity contribution in [3.8, 4) is 0 Å². The quantitative estimate of drug-likeness (QED) is 0.628. The van der Waals surface area contributed by atoms with E-state index in [-0.39, 0.29) is 11.9 Å². The maximum atomic E-state index is 8.57. The van der Waals surface area contributed by atoms with Crippen LogP contribution in [-0.4, -0.2) is 59.5 Å². The number of nitrogens with one attached hydrogen (secondary N) is 1. The van der Waals surface area contributed by atoms with Crippen LogP contribution in [0.2, 0.25) is 5.28 Å². The minimum atomic E-state index is 0.0454. The molecule has 1 aromatic rings. The van der Waals surface area contributed by atoms with Gasteiger partial charge in [-0.3, -0.25) is 0 Å². The lowest BCUT2D eigenvalue weighted by atomic mass is 10.4. The summed E-state index contributed by atoms with van der Waals surface area (Å²) in [5, 5.41) is 11.8. The fourth-order valence-corrected chi connectivity index (χ4v) is 1.76. The van der Waals surface area contributed by atoms with Crippen molar-refractivity contribution in [2.24, 2.45) is 0 Å². The number of aliphatic hydroxyl groups is 1. The number of aliphatic hydroxyl groups excluding tert-OH is 1. The number of hydrogen-bond donors (Lipinski definition) is 2. The Hall–Kier alpha value is -1.18. The van der Waals surface area contributed by atoms with Crippen LogP contribution in [0, 0.1) is 0 Å². The van der Waals surface area contributed by atoms with Gasteiger partial charge in [-0.25, -0.2) is 0 Å². The van der Waals surface area contributed by atoms with E-state index in [0.29, 0.717) is 31.7 Å². The Balaban J connectivity index is 2.49. The average Bonchev–Trinajstić information content (AvgIpc) is 2.43. The van der Waals surface area contributed by atoms with Gasteiger partial charge in [0.05, 0.1) is 13.2 Å². The minimum absolute atomic E-state index is 0.0454. The molecule has 0 amide bonds. The number of rotatable bonds is 10. The van der Waals surface area contributed by atoms with Crippen LogP contribution >= 0.6 is 11.6 Å². The summed E-state index contributed by atoms with van der Waals surface area (Å²) < 4.78 is 5.16. The molecule has 0 spiro atoms. The van der Waals surface area contributed by atoms with Crippen molar-refractivity contribution in [1.29, 1.82) is 0 Å². The Bertz CT molecular complexity index is 390. The number of nitrogens with zero attached hydrogens (tertiary/aromatic N) is 4. The predicted molar refractivity (Wildman–Crippen MR) is 79.4 cm³/mol. The topological polar surface area (TPSA) is 83.4 Å². The molecule has 0 unspecified atom stereocenters. The van der Waals surface area contributed by atoms with E-state index in [1.807, 2.05) is 18.7 Å². The van der Waals surface area contributed by atoms with E-state index in [0.717, 1.165) is 19.5 Å². The summed E-state index contributed by atoms with van der Waals surface area (Å²) in [4.78, 5) is 14.5. The molecule has 0 fully saturated rings. The third-order valence-corrected chi connectivity index (χ3v) is 2.80. The highest BCUT2D eigenvalue weighted by Crippen LogP contribution is 2.13. The number of aromatic nitrogens is 3. The highest BCUT2D eigenvalue weighted by molar-refractivity contribution is 6.28. The van der Waals surface area contributed by atoms with Gasteiger partial charge in [-0.05, 0) is 31.9 Å². The van der Waals surface area contributed by atoms with Gasteiger partial charge in [0.1, 0.15) is 0 Å². The lowest BCUT2D eigenvalue weighted by molar-refractivity contribution is 0.0921. The van der Waals surface area contributed by atoms with E-state index >= 15 is 0 Å². The summed E-state index contributed by atoms with van der Waals surface area (Å²) in [6.45, 7) is 7.35. The van der Waals surface area contributed by atoms with Crippen LogP contribution < -0.4 is 10.2 Å². The van der Waals surface area contributed by atoms with Gasteiger partial charge in [-0.2, -0.15) is 15.0 Å². The molecular weight excluding hydrogens is 282 g/mol. The summed E-state index contributed by atoms with van der Waals surface area (Å²) >= 11 is 5.91. The van der Waals surface area contributed by atoms with Gasteiger partial charge in [-0.15, -0.1) is 0 Å². The van der Waals surface area contributed by atoms with Crippen LogP contribution in [0.4, 0.5) is 11.9 Å². The van der Waals surface area contributed by atoms with E-state index in [1.165, 1.54) is 0 Å². The van der Waals surface area contributed by atoms with Crippen molar-refractivity contribution in [2.75, 3.05) is 49.7 Å². The largest absolute Gasteiger partial charge is 0.394 e. The van der Waals surface area contributed by atoms with Crippen LogP contribution in [0.5, 0.6) is 0 Å². The monoisotopic (exact) mass is 303 g/mol. The summed E-state index contributed by atoms with van der Waals surface area (Å²) in [5.74, 6) is 1.04. The zero-order valence-corrected chi connectivity index (χ0v) is 12.7. The van der Waals surface area contributed by atoms with Gasteiger partial charge >= 0.3 is 0 Å². The zero-order valence-electron chi connectivity index (χ0n) is 12.0. The Morgan fingerprint density at radius 2 is 1.95 bits per heavy atom. The van der Waals surface area contributed by atoms with Crippen molar-refractivity contribution in [2.45, 2.75) is 20.3 Å². The number of anilines is 2. The Morgan fingerprint density at radius 3 is 2.60 bits per heavy atom. The van der Waals surface area contributed by atoms with E-state index in [9.17, 15) is 0 Å². The number of halogens is 1. The molecule has 7 nitrogen and oxygen atoms in total. The lowest BCUT2D eigenvalue weighted by Gasteiger charge is -2.18. The van der Waals surface area contributed by atoms with E-state index in [2.05, 4.69) is 20.3 Å². The van der Waals surface area contributed by atoms with Crippen molar-refractivity contribution in [3.63, 3.8) is 0 Å². The van der Waals surface area contributed by atoms with Gasteiger partial charge in [0.25, 0.3) is 0 Å². The molecule has 0 saturated carbocycles. The number of ether oxygens (including phenoxy) is 1. The van der Waals surface area contributed by atoms with E-state index in [1.54, 1.807) is 0 Å². The molecule has 0 aliphatic heterocycles. The normalized spacial score (nSPS) is 10.6. The third-order valence-electron chi connectivity index (χ3n) is 2.63. The average molecular weight is 304 g/mol. The Labute approximate surface area is 124 Å². The van der Waals surface area contributed by atoms with Gasteiger partial charge in [0, 0.05) is 26.2 Å². The first-order valence-electron chi connectivity index (χ1n) is 6.80. The molecule has 20 heavy (non-hydrogen) atoms. The predicted octanol–water partition coefficient (Wildman–Crippen LogP) is 1.18. The summed E-state index contributed by atoms with van der Waals surface area (Å²) in [6, 6.07) is 0. The fourth-order valence-electron chi connectivity index (χ4n) is 1.61. The molecule has 0 bridgehead atoms. The van der Waals surface area contributed by atoms with Crippen LogP contribution in [-0.2, 0) is 4.74 Å². The molecule has 0 aliphatic carbocycles. The fraction of sp³-hybridized carbons (Fsp3) is 0.750. The van der Waals surface area contributed by atoms with Crippen molar-refractivity contribution >= 4 is 23.5 Å². The van der Waals surface area contributed by atoms with Crippen LogP contribution in [0.3, 0.4) is 0 Å². The van der Waals surface area contributed by atoms with Crippen molar-refractivity contribution < 1.29 is 9.84 Å². The molecule has 0 saturated heterocycles. The Kier molecular flexibility index (Phi) is 8.17. The van der Waals surface area contributed by atoms with E-state index in [4.69, 9.17) is 21.4 Å². The van der Waals surface area contributed by atoms with Gasteiger partial charge < -0.3 is 20.1 Å². The molecule has 1 aromatic heterocycles. The van der Waals surface area contributed by atoms with Crippen LogP contribution in [0.25, 0.3) is 0 Å². The first kappa shape index (κ1) is 16.9. The highest BCUT2D eigenvalue weighted by atomic mass is 35.5.